The summed E-state index contributed by atoms with van der Waals surface area (Å²) in [5.74, 6) is -0.741. The zero-order chi connectivity index (χ0) is 13.3. The van der Waals surface area contributed by atoms with Crippen molar-refractivity contribution in [3.8, 4) is 0 Å². The molecular formula is C13H15Cl2NO2. The zero-order valence-corrected chi connectivity index (χ0v) is 11.6. The van der Waals surface area contributed by atoms with Crippen molar-refractivity contribution >= 4 is 29.2 Å². The van der Waals surface area contributed by atoms with Gasteiger partial charge in [0.25, 0.3) is 0 Å². The fraction of sp³-hybridized carbons (Fsp3) is 0.462. The molecule has 2 rings (SSSR count). The van der Waals surface area contributed by atoms with Crippen molar-refractivity contribution in [1.29, 1.82) is 0 Å². The molecule has 1 aromatic carbocycles. The number of halogens is 2. The van der Waals surface area contributed by atoms with E-state index in [0.29, 0.717) is 29.6 Å². The summed E-state index contributed by atoms with van der Waals surface area (Å²) in [6, 6.07) is 5.41. The number of carboxylic acid groups (broad SMARTS) is 1. The van der Waals surface area contributed by atoms with Crippen LogP contribution >= 0.6 is 23.2 Å². The Morgan fingerprint density at radius 2 is 2.06 bits per heavy atom. The minimum atomic E-state index is -0.741. The predicted octanol–water partition coefficient (Wildman–Crippen LogP) is 3.29. The van der Waals surface area contributed by atoms with Gasteiger partial charge in [0.2, 0.25) is 0 Å². The summed E-state index contributed by atoms with van der Waals surface area (Å²) >= 11 is 12.2. The van der Waals surface area contributed by atoms with E-state index in [2.05, 4.69) is 4.90 Å². The predicted molar refractivity (Wildman–Crippen MR) is 72.1 cm³/mol. The molecule has 1 unspecified atom stereocenters. The Morgan fingerprint density at radius 3 is 2.56 bits per heavy atom. The second kappa shape index (κ2) is 5.08. The van der Waals surface area contributed by atoms with Crippen molar-refractivity contribution in [2.75, 3.05) is 13.1 Å². The second-order valence-corrected chi connectivity index (χ2v) is 5.84. The van der Waals surface area contributed by atoms with Crippen LogP contribution in [-0.2, 0) is 11.3 Å². The van der Waals surface area contributed by atoms with E-state index in [9.17, 15) is 9.90 Å². The van der Waals surface area contributed by atoms with E-state index in [0.717, 1.165) is 12.1 Å². The number of aliphatic carboxylic acids is 1. The maximum Gasteiger partial charge on any atom is 0.310 e. The number of likely N-dealkylation sites (tertiary alicyclic amines) is 1. The summed E-state index contributed by atoms with van der Waals surface area (Å²) in [4.78, 5) is 13.3. The van der Waals surface area contributed by atoms with Crippen molar-refractivity contribution < 1.29 is 9.90 Å². The first-order chi connectivity index (χ1) is 8.42. The molecule has 0 radical (unpaired) electrons. The number of nitrogens with zero attached hydrogens (tertiary/aromatic N) is 1. The molecule has 1 aliphatic heterocycles. The van der Waals surface area contributed by atoms with Gasteiger partial charge in [0, 0.05) is 28.7 Å². The van der Waals surface area contributed by atoms with E-state index in [1.54, 1.807) is 25.1 Å². The van der Waals surface area contributed by atoms with Crippen molar-refractivity contribution in [2.45, 2.75) is 19.9 Å². The number of hydrogen-bond donors (Lipinski definition) is 1. The number of rotatable bonds is 3. The lowest BCUT2D eigenvalue weighted by Crippen LogP contribution is -2.31. The molecule has 1 aromatic rings. The van der Waals surface area contributed by atoms with Gasteiger partial charge in [-0.2, -0.15) is 0 Å². The highest BCUT2D eigenvalue weighted by atomic mass is 35.5. The molecule has 3 nitrogen and oxygen atoms in total. The van der Waals surface area contributed by atoms with E-state index >= 15 is 0 Å². The first-order valence-electron chi connectivity index (χ1n) is 5.81. The highest BCUT2D eigenvalue weighted by molar-refractivity contribution is 6.35. The van der Waals surface area contributed by atoms with E-state index < -0.39 is 11.4 Å². The third-order valence-corrected chi connectivity index (χ3v) is 4.22. The largest absolute Gasteiger partial charge is 0.481 e. The lowest BCUT2D eigenvalue weighted by Gasteiger charge is -2.20. The molecule has 1 heterocycles. The van der Waals surface area contributed by atoms with Crippen LogP contribution in [0.5, 0.6) is 0 Å². The average molecular weight is 288 g/mol. The summed E-state index contributed by atoms with van der Waals surface area (Å²) in [5, 5.41) is 10.4. The fourth-order valence-corrected chi connectivity index (χ4v) is 2.79. The Bertz CT molecular complexity index is 458. The Kier molecular flexibility index (Phi) is 3.85. The summed E-state index contributed by atoms with van der Waals surface area (Å²) in [7, 11) is 0. The van der Waals surface area contributed by atoms with Gasteiger partial charge in [-0.25, -0.2) is 0 Å². The first kappa shape index (κ1) is 13.7. The molecule has 0 spiro atoms. The summed E-state index contributed by atoms with van der Waals surface area (Å²) < 4.78 is 0. The molecule has 0 bridgehead atoms. The average Bonchev–Trinajstić information content (AvgIpc) is 2.67. The van der Waals surface area contributed by atoms with Crippen LogP contribution in [0, 0.1) is 5.41 Å². The smallest absolute Gasteiger partial charge is 0.310 e. The Balaban J connectivity index is 2.11. The quantitative estimate of drug-likeness (QED) is 0.927. The molecule has 0 amide bonds. The van der Waals surface area contributed by atoms with E-state index in [1.165, 1.54) is 0 Å². The Labute approximate surface area is 116 Å². The first-order valence-corrected chi connectivity index (χ1v) is 6.56. The van der Waals surface area contributed by atoms with Crippen LogP contribution in [0.4, 0.5) is 0 Å². The molecule has 1 fully saturated rings. The van der Waals surface area contributed by atoms with Crippen LogP contribution in [0.2, 0.25) is 10.0 Å². The lowest BCUT2D eigenvalue weighted by molar-refractivity contribution is -0.147. The second-order valence-electron chi connectivity index (χ2n) is 5.03. The third kappa shape index (κ3) is 2.63. The molecule has 5 heteroatoms. The summed E-state index contributed by atoms with van der Waals surface area (Å²) in [6.45, 7) is 3.67. The van der Waals surface area contributed by atoms with Gasteiger partial charge in [-0.3, -0.25) is 9.69 Å². The van der Waals surface area contributed by atoms with Crippen LogP contribution < -0.4 is 0 Å². The van der Waals surface area contributed by atoms with Crippen LogP contribution in [0.15, 0.2) is 18.2 Å². The highest BCUT2D eigenvalue weighted by Gasteiger charge is 2.40. The Hall–Kier alpha value is -0.770. The minimum absolute atomic E-state index is 0.532. The minimum Gasteiger partial charge on any atom is -0.481 e. The molecule has 0 aliphatic carbocycles. The standard InChI is InChI=1S/C13H15Cl2NO2/c1-13(12(17)18)5-6-16(8-13)7-9-10(14)3-2-4-11(9)15/h2-4H,5-8H2,1H3,(H,17,18). The van der Waals surface area contributed by atoms with Gasteiger partial charge in [0.05, 0.1) is 5.41 Å². The van der Waals surface area contributed by atoms with Crippen LogP contribution in [-0.4, -0.2) is 29.1 Å². The van der Waals surface area contributed by atoms with Gasteiger partial charge in [-0.15, -0.1) is 0 Å². The maximum absolute atomic E-state index is 11.2. The SMILES string of the molecule is CC1(C(=O)O)CCN(Cc2c(Cl)cccc2Cl)C1. The van der Waals surface area contributed by atoms with Crippen LogP contribution in [0.25, 0.3) is 0 Å². The number of hydrogen-bond acceptors (Lipinski definition) is 2. The third-order valence-electron chi connectivity index (χ3n) is 3.51. The molecule has 1 N–H and O–H groups in total. The van der Waals surface area contributed by atoms with E-state index in [1.807, 2.05) is 0 Å². The fourth-order valence-electron chi connectivity index (χ4n) is 2.27. The van der Waals surface area contributed by atoms with Gasteiger partial charge in [0.1, 0.15) is 0 Å². The lowest BCUT2D eigenvalue weighted by atomic mass is 9.90. The zero-order valence-electron chi connectivity index (χ0n) is 10.1. The van der Waals surface area contributed by atoms with Crippen molar-refractivity contribution in [3.05, 3.63) is 33.8 Å². The number of carboxylic acids is 1. The number of benzene rings is 1. The van der Waals surface area contributed by atoms with Crippen LogP contribution in [0.1, 0.15) is 18.9 Å². The van der Waals surface area contributed by atoms with Crippen LogP contribution in [0.3, 0.4) is 0 Å². The van der Waals surface area contributed by atoms with Gasteiger partial charge in [-0.1, -0.05) is 29.3 Å². The highest BCUT2D eigenvalue weighted by Crippen LogP contribution is 2.33. The number of carbonyl (C=O) groups is 1. The van der Waals surface area contributed by atoms with Gasteiger partial charge in [-0.05, 0) is 32.0 Å². The van der Waals surface area contributed by atoms with Crippen molar-refractivity contribution in [1.82, 2.24) is 4.90 Å². The summed E-state index contributed by atoms with van der Waals surface area (Å²) in [5.41, 5.74) is 0.212. The molecule has 1 aliphatic rings. The Morgan fingerprint density at radius 1 is 1.44 bits per heavy atom. The maximum atomic E-state index is 11.2. The topological polar surface area (TPSA) is 40.5 Å². The van der Waals surface area contributed by atoms with Crippen molar-refractivity contribution in [2.24, 2.45) is 5.41 Å². The summed E-state index contributed by atoms with van der Waals surface area (Å²) in [6.07, 6.45) is 0.657. The van der Waals surface area contributed by atoms with Gasteiger partial charge < -0.3 is 5.11 Å². The monoisotopic (exact) mass is 287 g/mol. The molecular weight excluding hydrogens is 273 g/mol. The van der Waals surface area contributed by atoms with Crippen molar-refractivity contribution in [3.63, 3.8) is 0 Å². The molecule has 18 heavy (non-hydrogen) atoms. The molecule has 0 aromatic heterocycles. The van der Waals surface area contributed by atoms with E-state index in [-0.39, 0.29) is 0 Å². The molecule has 0 saturated carbocycles. The van der Waals surface area contributed by atoms with Gasteiger partial charge >= 0.3 is 5.97 Å². The van der Waals surface area contributed by atoms with E-state index in [4.69, 9.17) is 23.2 Å². The normalized spacial score (nSPS) is 24.4. The molecule has 98 valence electrons. The molecule has 1 saturated heterocycles. The van der Waals surface area contributed by atoms with Gasteiger partial charge in [0.15, 0.2) is 0 Å². The molecule has 1 atom stereocenters.